The molecular formula is C23H29F3N2O3Si. The smallest absolute Gasteiger partial charge is 0.251 e. The van der Waals surface area contributed by atoms with Crippen molar-refractivity contribution in [1.29, 1.82) is 0 Å². The molecule has 0 heterocycles. The molecule has 0 aliphatic carbocycles. The molecule has 0 aromatic heterocycles. The summed E-state index contributed by atoms with van der Waals surface area (Å²) in [4.78, 5) is 25.1. The maximum Gasteiger partial charge on any atom is 0.251 e. The number of nitrogens with one attached hydrogen (secondary N) is 2. The molecule has 2 amide bonds. The molecule has 5 nitrogen and oxygen atoms in total. The zero-order valence-electron chi connectivity index (χ0n) is 18.7. The lowest BCUT2D eigenvalue weighted by Gasteiger charge is -2.21. The van der Waals surface area contributed by atoms with Gasteiger partial charge in [-0.3, -0.25) is 9.59 Å². The van der Waals surface area contributed by atoms with Gasteiger partial charge < -0.3 is 15.4 Å². The Hall–Kier alpha value is -2.65. The minimum Gasteiger partial charge on any atom is -0.380 e. The van der Waals surface area contributed by atoms with Gasteiger partial charge in [-0.1, -0.05) is 50.0 Å². The molecule has 2 rings (SSSR count). The van der Waals surface area contributed by atoms with Gasteiger partial charge in [-0.2, -0.15) is 0 Å². The van der Waals surface area contributed by atoms with E-state index in [1.807, 2.05) is 19.6 Å². The monoisotopic (exact) mass is 466 g/mol. The second-order valence-corrected chi connectivity index (χ2v) is 13.6. The Morgan fingerprint density at radius 2 is 1.72 bits per heavy atom. The first kappa shape index (κ1) is 25.6. The quantitative estimate of drug-likeness (QED) is 0.512. The molecule has 9 heteroatoms. The minimum atomic E-state index is -2.62. The Balaban J connectivity index is 2.24. The van der Waals surface area contributed by atoms with Crippen LogP contribution in [0.3, 0.4) is 0 Å². The highest BCUT2D eigenvalue weighted by molar-refractivity contribution is 6.88. The van der Waals surface area contributed by atoms with Crippen molar-refractivity contribution >= 4 is 30.8 Å². The van der Waals surface area contributed by atoms with E-state index in [4.69, 9.17) is 4.74 Å². The first-order chi connectivity index (χ1) is 15.0. The van der Waals surface area contributed by atoms with Crippen molar-refractivity contribution < 1.29 is 27.5 Å². The van der Waals surface area contributed by atoms with Gasteiger partial charge in [-0.25, -0.2) is 13.2 Å². The summed E-state index contributed by atoms with van der Waals surface area (Å²) < 4.78 is 44.6. The van der Waals surface area contributed by atoms with E-state index in [9.17, 15) is 22.8 Å². The standard InChI is InChI=1S/C23H29F3N2O3Si/c1-31-14-15-5-7-16(8-6-15)22(28-21(29)12-11-20(25)26)23(30)27-17-9-10-19(18(24)13-17)32(2,3)4/h5-10,13,20,22H,11-12,14H2,1-4H3,(H,27,30)(H,28,29)/t22-/m1/s1. The van der Waals surface area contributed by atoms with E-state index in [0.29, 0.717) is 17.4 Å². The van der Waals surface area contributed by atoms with Crippen LogP contribution in [0.2, 0.25) is 19.6 Å². The number of carbonyl (C=O) groups is 2. The summed E-state index contributed by atoms with van der Waals surface area (Å²) in [5.41, 5.74) is 1.58. The van der Waals surface area contributed by atoms with Gasteiger partial charge >= 0.3 is 0 Å². The Labute approximate surface area is 187 Å². The third kappa shape index (κ3) is 7.49. The lowest BCUT2D eigenvalue weighted by Crippen LogP contribution is -2.40. The predicted octanol–water partition coefficient (Wildman–Crippen LogP) is 4.36. The van der Waals surface area contributed by atoms with Crippen LogP contribution < -0.4 is 15.8 Å². The van der Waals surface area contributed by atoms with Gasteiger partial charge in [0.15, 0.2) is 0 Å². The predicted molar refractivity (Wildman–Crippen MR) is 121 cm³/mol. The molecule has 174 valence electrons. The van der Waals surface area contributed by atoms with Gasteiger partial charge in [-0.05, 0) is 28.4 Å². The molecule has 0 saturated carbocycles. The summed E-state index contributed by atoms with van der Waals surface area (Å²) in [5.74, 6) is -1.68. The number of halogens is 3. The van der Waals surface area contributed by atoms with E-state index in [1.54, 1.807) is 43.5 Å². The van der Waals surface area contributed by atoms with E-state index >= 15 is 0 Å². The molecular weight excluding hydrogens is 437 g/mol. The van der Waals surface area contributed by atoms with E-state index in [1.165, 1.54) is 6.07 Å². The van der Waals surface area contributed by atoms with Gasteiger partial charge in [0.05, 0.1) is 14.7 Å². The number of amides is 2. The highest BCUT2D eigenvalue weighted by atomic mass is 28.3. The van der Waals surface area contributed by atoms with E-state index in [-0.39, 0.29) is 5.69 Å². The molecule has 1 atom stereocenters. The summed E-state index contributed by atoms with van der Waals surface area (Å²) in [6.07, 6.45) is -3.63. The van der Waals surface area contributed by atoms with Crippen molar-refractivity contribution in [3.63, 3.8) is 0 Å². The summed E-state index contributed by atoms with van der Waals surface area (Å²) in [5, 5.41) is 5.77. The average Bonchev–Trinajstić information content (AvgIpc) is 2.70. The molecule has 0 aliphatic heterocycles. The minimum absolute atomic E-state index is 0.248. The molecule has 32 heavy (non-hydrogen) atoms. The maximum atomic E-state index is 14.6. The van der Waals surface area contributed by atoms with Crippen LogP contribution in [-0.4, -0.2) is 33.4 Å². The first-order valence-electron chi connectivity index (χ1n) is 10.3. The van der Waals surface area contributed by atoms with Crippen LogP contribution in [0.15, 0.2) is 42.5 Å². The van der Waals surface area contributed by atoms with Gasteiger partial charge in [0, 0.05) is 25.6 Å². The van der Waals surface area contributed by atoms with Gasteiger partial charge in [0.2, 0.25) is 12.3 Å². The van der Waals surface area contributed by atoms with E-state index in [0.717, 1.165) is 5.56 Å². The Morgan fingerprint density at radius 1 is 1.06 bits per heavy atom. The highest BCUT2D eigenvalue weighted by Gasteiger charge is 2.25. The fourth-order valence-electron chi connectivity index (χ4n) is 3.16. The number of hydrogen-bond donors (Lipinski definition) is 2. The Bertz CT molecular complexity index is 931. The normalized spacial score (nSPS) is 12.5. The van der Waals surface area contributed by atoms with Crippen LogP contribution in [0, 0.1) is 5.82 Å². The second-order valence-electron chi connectivity index (χ2n) is 8.54. The van der Waals surface area contributed by atoms with Crippen molar-refractivity contribution in [1.82, 2.24) is 5.32 Å². The van der Waals surface area contributed by atoms with Crippen molar-refractivity contribution in [2.45, 2.75) is 51.6 Å². The maximum absolute atomic E-state index is 14.6. The van der Waals surface area contributed by atoms with Crippen LogP contribution in [0.5, 0.6) is 0 Å². The summed E-state index contributed by atoms with van der Waals surface area (Å²) in [6, 6.07) is 10.2. The zero-order valence-corrected chi connectivity index (χ0v) is 19.7. The van der Waals surface area contributed by atoms with Gasteiger partial charge in [0.25, 0.3) is 5.91 Å². The summed E-state index contributed by atoms with van der Waals surface area (Å²) in [7, 11) is -0.329. The van der Waals surface area contributed by atoms with Crippen molar-refractivity contribution in [2.24, 2.45) is 0 Å². The number of benzene rings is 2. The third-order valence-corrected chi connectivity index (χ3v) is 6.85. The molecule has 2 aromatic carbocycles. The van der Waals surface area contributed by atoms with Crippen LogP contribution in [-0.2, 0) is 20.9 Å². The number of alkyl halides is 2. The lowest BCUT2D eigenvalue weighted by molar-refractivity contribution is -0.127. The number of hydrogen-bond acceptors (Lipinski definition) is 3. The molecule has 0 fully saturated rings. The van der Waals surface area contributed by atoms with E-state index < -0.39 is 51.0 Å². The highest BCUT2D eigenvalue weighted by Crippen LogP contribution is 2.19. The summed E-state index contributed by atoms with van der Waals surface area (Å²) >= 11 is 0. The van der Waals surface area contributed by atoms with Crippen LogP contribution in [0.25, 0.3) is 0 Å². The lowest BCUT2D eigenvalue weighted by atomic mass is 10.0. The molecule has 0 bridgehead atoms. The van der Waals surface area contributed by atoms with Crippen LogP contribution in [0.4, 0.5) is 18.9 Å². The molecule has 0 saturated heterocycles. The first-order valence-corrected chi connectivity index (χ1v) is 13.8. The average molecular weight is 467 g/mol. The molecule has 0 radical (unpaired) electrons. The Kier molecular flexibility index (Phi) is 9.03. The molecule has 0 spiro atoms. The number of rotatable bonds is 10. The SMILES string of the molecule is COCc1ccc([C@@H](NC(=O)CCC(F)F)C(=O)Nc2ccc([Si](C)(C)C)c(F)c2)cc1. The topological polar surface area (TPSA) is 67.4 Å². The molecule has 0 unspecified atom stereocenters. The number of methoxy groups -OCH3 is 1. The van der Waals surface area contributed by atoms with E-state index in [2.05, 4.69) is 10.6 Å². The van der Waals surface area contributed by atoms with Crippen molar-refractivity contribution in [2.75, 3.05) is 12.4 Å². The fourth-order valence-corrected chi connectivity index (χ4v) is 4.53. The zero-order chi connectivity index (χ0) is 23.9. The number of anilines is 1. The Morgan fingerprint density at radius 3 is 2.25 bits per heavy atom. The van der Waals surface area contributed by atoms with Gasteiger partial charge in [0.1, 0.15) is 11.9 Å². The molecule has 2 N–H and O–H groups in total. The van der Waals surface area contributed by atoms with Gasteiger partial charge in [-0.15, -0.1) is 0 Å². The number of ether oxygens (including phenoxy) is 1. The van der Waals surface area contributed by atoms with Crippen molar-refractivity contribution in [3.8, 4) is 0 Å². The third-order valence-electron chi connectivity index (χ3n) is 4.83. The largest absolute Gasteiger partial charge is 0.380 e. The molecule has 2 aromatic rings. The van der Waals surface area contributed by atoms with Crippen molar-refractivity contribution in [3.05, 3.63) is 59.4 Å². The summed E-state index contributed by atoms with van der Waals surface area (Å²) in [6.45, 7) is 6.42. The number of carbonyl (C=O) groups excluding carboxylic acids is 2. The fraction of sp³-hybridized carbons (Fsp3) is 0.391. The molecule has 0 aliphatic rings. The van der Waals surface area contributed by atoms with Crippen LogP contribution in [0.1, 0.15) is 30.0 Å². The van der Waals surface area contributed by atoms with Crippen LogP contribution >= 0.6 is 0 Å². The second kappa shape index (κ2) is 11.3.